The number of rotatable bonds is 5. The summed E-state index contributed by atoms with van der Waals surface area (Å²) in [6.45, 7) is 2.29. The van der Waals surface area contributed by atoms with Crippen LogP contribution in [0.1, 0.15) is 18.1 Å². The Morgan fingerprint density at radius 1 is 1.50 bits per heavy atom. The number of hydrogen-bond donors (Lipinski definition) is 1. The third-order valence-electron chi connectivity index (χ3n) is 3.29. The van der Waals surface area contributed by atoms with E-state index in [9.17, 15) is 4.79 Å². The van der Waals surface area contributed by atoms with Crippen LogP contribution >= 0.6 is 15.9 Å². The van der Waals surface area contributed by atoms with E-state index in [1.165, 1.54) is 0 Å². The molecule has 0 bridgehead atoms. The highest BCUT2D eigenvalue weighted by molar-refractivity contribution is 9.10. The maximum absolute atomic E-state index is 11.1. The molecule has 116 valence electrons. The fourth-order valence-corrected chi connectivity index (χ4v) is 2.57. The lowest BCUT2D eigenvalue weighted by Gasteiger charge is -2.21. The minimum Gasteiger partial charge on any atom is -0.478 e. The number of aromatic nitrogens is 2. The maximum Gasteiger partial charge on any atom is 0.331 e. The quantitative estimate of drug-likeness (QED) is 0.827. The SMILES string of the molecule is CC(=Cc1cc(Br)ccc1N(C)Cc1cnn(C)c1)C(=O)O. The summed E-state index contributed by atoms with van der Waals surface area (Å²) in [5, 5.41) is 13.2. The molecule has 0 spiro atoms. The van der Waals surface area contributed by atoms with Crippen LogP contribution < -0.4 is 4.90 Å². The van der Waals surface area contributed by atoms with Crippen LogP contribution in [0.3, 0.4) is 0 Å². The topological polar surface area (TPSA) is 58.4 Å². The molecule has 0 fully saturated rings. The van der Waals surface area contributed by atoms with Crippen molar-refractivity contribution in [1.29, 1.82) is 0 Å². The summed E-state index contributed by atoms with van der Waals surface area (Å²) in [4.78, 5) is 13.1. The van der Waals surface area contributed by atoms with Gasteiger partial charge in [0.2, 0.25) is 0 Å². The van der Waals surface area contributed by atoms with Gasteiger partial charge in [0.25, 0.3) is 0 Å². The zero-order chi connectivity index (χ0) is 16.3. The van der Waals surface area contributed by atoms with E-state index in [0.29, 0.717) is 12.1 Å². The van der Waals surface area contributed by atoms with Gasteiger partial charge in [-0.1, -0.05) is 15.9 Å². The van der Waals surface area contributed by atoms with E-state index >= 15 is 0 Å². The predicted octanol–water partition coefficient (Wildman–Crippen LogP) is 3.31. The van der Waals surface area contributed by atoms with Crippen LogP contribution in [0.2, 0.25) is 0 Å². The number of carboxylic acid groups (broad SMARTS) is 1. The van der Waals surface area contributed by atoms with Crippen molar-refractivity contribution in [1.82, 2.24) is 9.78 Å². The summed E-state index contributed by atoms with van der Waals surface area (Å²) in [6, 6.07) is 5.84. The molecule has 1 aromatic heterocycles. The molecule has 2 aromatic rings. The van der Waals surface area contributed by atoms with E-state index in [2.05, 4.69) is 25.9 Å². The van der Waals surface area contributed by atoms with Gasteiger partial charge in [-0.25, -0.2) is 4.79 Å². The molecule has 1 aromatic carbocycles. The second-order valence-corrected chi connectivity index (χ2v) is 6.13. The zero-order valence-electron chi connectivity index (χ0n) is 12.7. The van der Waals surface area contributed by atoms with Crippen molar-refractivity contribution < 1.29 is 9.90 Å². The Balaban J connectivity index is 2.33. The third kappa shape index (κ3) is 3.98. The van der Waals surface area contributed by atoms with Gasteiger partial charge in [-0.2, -0.15) is 5.10 Å². The Labute approximate surface area is 138 Å². The van der Waals surface area contributed by atoms with Crippen molar-refractivity contribution in [3.8, 4) is 0 Å². The molecule has 0 aliphatic heterocycles. The number of aryl methyl sites for hydroxylation is 1. The minimum absolute atomic E-state index is 0.300. The summed E-state index contributed by atoms with van der Waals surface area (Å²) in [5.74, 6) is -0.916. The van der Waals surface area contributed by atoms with Crippen molar-refractivity contribution in [2.45, 2.75) is 13.5 Å². The van der Waals surface area contributed by atoms with E-state index in [1.54, 1.807) is 17.7 Å². The fourth-order valence-electron chi connectivity index (χ4n) is 2.20. The molecule has 0 saturated carbocycles. The standard InChI is InChI=1S/C16H18BrN3O2/c1-11(16(21)22)6-13-7-14(17)4-5-15(13)19(2)9-12-8-18-20(3)10-12/h4-8,10H,9H2,1-3H3,(H,21,22). The van der Waals surface area contributed by atoms with Gasteiger partial charge in [0.15, 0.2) is 0 Å². The number of hydrogen-bond acceptors (Lipinski definition) is 3. The van der Waals surface area contributed by atoms with E-state index in [1.807, 2.05) is 44.7 Å². The lowest BCUT2D eigenvalue weighted by molar-refractivity contribution is -0.132. The van der Waals surface area contributed by atoms with Gasteiger partial charge in [-0.3, -0.25) is 4.68 Å². The first kappa shape index (κ1) is 16.3. The Hall–Kier alpha value is -2.08. The monoisotopic (exact) mass is 363 g/mol. The van der Waals surface area contributed by atoms with E-state index < -0.39 is 5.97 Å². The number of carboxylic acids is 1. The predicted molar refractivity (Wildman–Crippen MR) is 90.7 cm³/mol. The van der Waals surface area contributed by atoms with Crippen molar-refractivity contribution in [3.63, 3.8) is 0 Å². The number of benzene rings is 1. The smallest absolute Gasteiger partial charge is 0.331 e. The summed E-state index contributed by atoms with van der Waals surface area (Å²) in [7, 11) is 3.86. The molecular formula is C16H18BrN3O2. The van der Waals surface area contributed by atoms with Crippen LogP contribution in [0.4, 0.5) is 5.69 Å². The summed E-state index contributed by atoms with van der Waals surface area (Å²) >= 11 is 3.43. The Kier molecular flexibility index (Phi) is 5.03. The highest BCUT2D eigenvalue weighted by atomic mass is 79.9. The first-order chi connectivity index (χ1) is 10.4. The van der Waals surface area contributed by atoms with Gasteiger partial charge in [0, 0.05) is 48.1 Å². The number of anilines is 1. The zero-order valence-corrected chi connectivity index (χ0v) is 14.3. The molecule has 1 heterocycles. The lowest BCUT2D eigenvalue weighted by Crippen LogP contribution is -2.17. The highest BCUT2D eigenvalue weighted by Crippen LogP contribution is 2.27. The van der Waals surface area contributed by atoms with Crippen molar-refractivity contribution >= 4 is 33.7 Å². The Bertz CT molecular complexity index is 722. The van der Waals surface area contributed by atoms with E-state index in [-0.39, 0.29) is 0 Å². The van der Waals surface area contributed by atoms with Crippen molar-refractivity contribution in [2.24, 2.45) is 7.05 Å². The average Bonchev–Trinajstić information content (AvgIpc) is 2.83. The summed E-state index contributed by atoms with van der Waals surface area (Å²) in [6.07, 6.45) is 5.48. The third-order valence-corrected chi connectivity index (χ3v) is 3.78. The van der Waals surface area contributed by atoms with Gasteiger partial charge < -0.3 is 10.0 Å². The number of carbonyl (C=O) groups is 1. The molecule has 0 amide bonds. The second-order valence-electron chi connectivity index (χ2n) is 5.21. The molecule has 0 unspecified atom stereocenters. The van der Waals surface area contributed by atoms with Crippen LogP contribution in [0.5, 0.6) is 0 Å². The number of halogens is 1. The molecule has 6 heteroatoms. The van der Waals surface area contributed by atoms with Crippen molar-refractivity contribution in [3.05, 3.63) is 51.8 Å². The molecule has 1 N–H and O–H groups in total. The van der Waals surface area contributed by atoms with Crippen LogP contribution in [0, 0.1) is 0 Å². The van der Waals surface area contributed by atoms with Crippen molar-refractivity contribution in [2.75, 3.05) is 11.9 Å². The molecule has 22 heavy (non-hydrogen) atoms. The minimum atomic E-state index is -0.916. The summed E-state index contributed by atoms with van der Waals surface area (Å²) in [5.41, 5.74) is 3.22. The maximum atomic E-state index is 11.1. The van der Waals surface area contributed by atoms with E-state index in [0.717, 1.165) is 21.3 Å². The molecule has 0 radical (unpaired) electrons. The van der Waals surface area contributed by atoms with Crippen LogP contribution in [0.15, 0.2) is 40.6 Å². The lowest BCUT2D eigenvalue weighted by atomic mass is 10.1. The Morgan fingerprint density at radius 3 is 2.82 bits per heavy atom. The normalized spacial score (nSPS) is 11.5. The van der Waals surface area contributed by atoms with Gasteiger partial charge in [-0.05, 0) is 36.8 Å². The van der Waals surface area contributed by atoms with Gasteiger partial charge in [-0.15, -0.1) is 0 Å². The van der Waals surface area contributed by atoms with E-state index in [4.69, 9.17) is 5.11 Å². The van der Waals surface area contributed by atoms with Gasteiger partial charge >= 0.3 is 5.97 Å². The largest absolute Gasteiger partial charge is 0.478 e. The molecule has 0 aliphatic rings. The first-order valence-electron chi connectivity index (χ1n) is 6.76. The Morgan fingerprint density at radius 2 is 2.23 bits per heavy atom. The van der Waals surface area contributed by atoms with Crippen LogP contribution in [-0.4, -0.2) is 27.9 Å². The highest BCUT2D eigenvalue weighted by Gasteiger charge is 2.10. The molecule has 2 rings (SSSR count). The fraction of sp³-hybridized carbons (Fsp3) is 0.250. The average molecular weight is 364 g/mol. The first-order valence-corrected chi connectivity index (χ1v) is 7.56. The summed E-state index contributed by atoms with van der Waals surface area (Å²) < 4.78 is 2.68. The second kappa shape index (κ2) is 6.79. The van der Waals surface area contributed by atoms with Gasteiger partial charge in [0.1, 0.15) is 0 Å². The number of nitrogens with zero attached hydrogens (tertiary/aromatic N) is 3. The van der Waals surface area contributed by atoms with Gasteiger partial charge in [0.05, 0.1) is 6.20 Å². The molecule has 0 atom stereocenters. The molecule has 0 saturated heterocycles. The number of aliphatic carboxylic acids is 1. The molecule has 0 aliphatic carbocycles. The molecular weight excluding hydrogens is 346 g/mol. The van der Waals surface area contributed by atoms with Crippen LogP contribution in [-0.2, 0) is 18.4 Å². The van der Waals surface area contributed by atoms with Crippen LogP contribution in [0.25, 0.3) is 6.08 Å². The molecule has 5 nitrogen and oxygen atoms in total.